The molecular formula is C15H13NO. The Morgan fingerprint density at radius 3 is 2.53 bits per heavy atom. The third-order valence-electron chi connectivity index (χ3n) is 3.28. The minimum absolute atomic E-state index is 0.134. The Morgan fingerprint density at radius 1 is 1.00 bits per heavy atom. The Bertz CT molecular complexity index is 784. The van der Waals surface area contributed by atoms with Gasteiger partial charge in [-0.3, -0.25) is 4.79 Å². The van der Waals surface area contributed by atoms with Crippen LogP contribution in [0.1, 0.15) is 5.56 Å². The Hall–Kier alpha value is -2.09. The summed E-state index contributed by atoms with van der Waals surface area (Å²) in [4.78, 5) is 12.3. The molecule has 0 atom stereocenters. The van der Waals surface area contributed by atoms with Crippen LogP contribution in [0.2, 0.25) is 0 Å². The summed E-state index contributed by atoms with van der Waals surface area (Å²) in [6, 6.07) is 12.0. The molecule has 2 heteroatoms. The second kappa shape index (κ2) is 3.45. The molecule has 84 valence electrons. The van der Waals surface area contributed by atoms with E-state index in [0.717, 1.165) is 27.2 Å². The van der Waals surface area contributed by atoms with Crippen LogP contribution in [0, 0.1) is 6.92 Å². The number of aryl methyl sites for hydroxylation is 2. The predicted octanol–water partition coefficient (Wildman–Crippen LogP) is 3.00. The number of aromatic nitrogens is 1. The smallest absolute Gasteiger partial charge is 0.191 e. The Balaban J connectivity index is 2.72. The van der Waals surface area contributed by atoms with E-state index in [1.54, 1.807) is 0 Å². The van der Waals surface area contributed by atoms with Gasteiger partial charge in [0.15, 0.2) is 5.43 Å². The van der Waals surface area contributed by atoms with E-state index in [1.807, 2.05) is 55.1 Å². The first-order valence-electron chi connectivity index (χ1n) is 5.66. The normalized spacial score (nSPS) is 11.2. The Labute approximate surface area is 99.1 Å². The first kappa shape index (κ1) is 10.1. The molecule has 0 saturated carbocycles. The highest BCUT2D eigenvalue weighted by molar-refractivity contribution is 6.05. The Kier molecular flexibility index (Phi) is 2.05. The van der Waals surface area contributed by atoms with Gasteiger partial charge in [-0.2, -0.15) is 0 Å². The van der Waals surface area contributed by atoms with Crippen molar-refractivity contribution in [2.75, 3.05) is 0 Å². The van der Waals surface area contributed by atoms with Crippen LogP contribution in [0.25, 0.3) is 21.7 Å². The molecule has 0 N–H and O–H groups in total. The summed E-state index contributed by atoms with van der Waals surface area (Å²) in [5, 5.41) is 2.94. The summed E-state index contributed by atoms with van der Waals surface area (Å²) in [6.45, 7) is 1.86. The van der Waals surface area contributed by atoms with E-state index in [4.69, 9.17) is 0 Å². The molecule has 0 spiro atoms. The molecule has 1 heterocycles. The monoisotopic (exact) mass is 223 g/mol. The molecule has 0 aliphatic carbocycles. The fourth-order valence-corrected chi connectivity index (χ4v) is 2.35. The van der Waals surface area contributed by atoms with Crippen LogP contribution in [0.5, 0.6) is 0 Å². The molecule has 1 aromatic heterocycles. The summed E-state index contributed by atoms with van der Waals surface area (Å²) in [6.07, 6.45) is 1.98. The van der Waals surface area contributed by atoms with E-state index in [0.29, 0.717) is 0 Å². The van der Waals surface area contributed by atoms with Crippen molar-refractivity contribution in [3.05, 3.63) is 58.4 Å². The predicted molar refractivity (Wildman–Crippen MR) is 71.4 cm³/mol. The highest BCUT2D eigenvalue weighted by Gasteiger charge is 2.07. The van der Waals surface area contributed by atoms with E-state index in [9.17, 15) is 4.79 Å². The number of pyridine rings is 1. The van der Waals surface area contributed by atoms with Crippen molar-refractivity contribution >= 4 is 21.7 Å². The van der Waals surface area contributed by atoms with Gasteiger partial charge < -0.3 is 4.57 Å². The van der Waals surface area contributed by atoms with E-state index in [1.165, 1.54) is 0 Å². The van der Waals surface area contributed by atoms with Crippen molar-refractivity contribution in [1.82, 2.24) is 4.57 Å². The summed E-state index contributed by atoms with van der Waals surface area (Å²) >= 11 is 0. The maximum Gasteiger partial charge on any atom is 0.191 e. The highest BCUT2D eigenvalue weighted by Crippen LogP contribution is 2.22. The fraction of sp³-hybridized carbons (Fsp3) is 0.133. The number of hydrogen-bond acceptors (Lipinski definition) is 1. The van der Waals surface area contributed by atoms with E-state index in [2.05, 4.69) is 6.07 Å². The van der Waals surface area contributed by atoms with Gasteiger partial charge in [0, 0.05) is 13.2 Å². The van der Waals surface area contributed by atoms with Crippen molar-refractivity contribution < 1.29 is 0 Å². The van der Waals surface area contributed by atoms with Crippen molar-refractivity contribution in [2.45, 2.75) is 6.92 Å². The standard InChI is InChI=1S/C15H13NO/c1-10-5-6-11-7-8-12-4-3-9-16(2)14(12)13(11)15(10)17/h3-9H,1-2H3. The lowest BCUT2D eigenvalue weighted by Crippen LogP contribution is -2.07. The lowest BCUT2D eigenvalue weighted by atomic mass is 10.0. The molecule has 0 aliphatic rings. The largest absolute Gasteiger partial charge is 0.350 e. The van der Waals surface area contributed by atoms with Crippen LogP contribution >= 0.6 is 0 Å². The third kappa shape index (κ3) is 1.37. The second-order valence-electron chi connectivity index (χ2n) is 4.43. The topological polar surface area (TPSA) is 22.0 Å². The van der Waals surface area contributed by atoms with Crippen molar-refractivity contribution in [2.24, 2.45) is 7.05 Å². The SMILES string of the molecule is Cc1ccc2ccc3cccn(C)c3c2c1=O. The number of rotatable bonds is 0. The zero-order valence-corrected chi connectivity index (χ0v) is 9.90. The van der Waals surface area contributed by atoms with Gasteiger partial charge in [-0.1, -0.05) is 30.3 Å². The van der Waals surface area contributed by atoms with Gasteiger partial charge in [0.2, 0.25) is 0 Å². The molecule has 0 bridgehead atoms. The second-order valence-corrected chi connectivity index (χ2v) is 4.43. The fourth-order valence-electron chi connectivity index (χ4n) is 2.35. The lowest BCUT2D eigenvalue weighted by Gasteiger charge is -2.08. The van der Waals surface area contributed by atoms with E-state index in [-0.39, 0.29) is 5.43 Å². The zero-order valence-electron chi connectivity index (χ0n) is 9.90. The summed E-state index contributed by atoms with van der Waals surface area (Å²) in [7, 11) is 1.98. The maximum absolute atomic E-state index is 12.3. The zero-order chi connectivity index (χ0) is 12.0. The molecule has 3 aromatic rings. The number of benzene rings is 2. The van der Waals surface area contributed by atoms with Crippen LogP contribution in [-0.2, 0) is 7.05 Å². The van der Waals surface area contributed by atoms with E-state index >= 15 is 0 Å². The van der Waals surface area contributed by atoms with Crippen LogP contribution in [0.4, 0.5) is 0 Å². The van der Waals surface area contributed by atoms with E-state index < -0.39 is 0 Å². The molecule has 0 saturated heterocycles. The molecule has 17 heavy (non-hydrogen) atoms. The van der Waals surface area contributed by atoms with Crippen LogP contribution < -0.4 is 5.43 Å². The molecule has 2 aromatic carbocycles. The van der Waals surface area contributed by atoms with Crippen molar-refractivity contribution in [3.63, 3.8) is 0 Å². The molecule has 0 fully saturated rings. The van der Waals surface area contributed by atoms with Crippen molar-refractivity contribution in [3.8, 4) is 0 Å². The maximum atomic E-state index is 12.3. The molecule has 0 amide bonds. The number of nitrogens with zero attached hydrogens (tertiary/aromatic N) is 1. The molecule has 0 unspecified atom stereocenters. The summed E-state index contributed by atoms with van der Waals surface area (Å²) < 4.78 is 2.01. The van der Waals surface area contributed by atoms with Gasteiger partial charge in [0.05, 0.1) is 10.9 Å². The quantitative estimate of drug-likeness (QED) is 0.537. The minimum atomic E-state index is 0.134. The molecule has 0 aliphatic heterocycles. The summed E-state index contributed by atoms with van der Waals surface area (Å²) in [5.74, 6) is 0. The molecular weight excluding hydrogens is 210 g/mol. The van der Waals surface area contributed by atoms with Crippen molar-refractivity contribution in [1.29, 1.82) is 0 Å². The van der Waals surface area contributed by atoms with Crippen LogP contribution in [0.3, 0.4) is 0 Å². The molecule has 3 rings (SSSR count). The lowest BCUT2D eigenvalue weighted by molar-refractivity contribution is 0.957. The minimum Gasteiger partial charge on any atom is -0.350 e. The first-order valence-corrected chi connectivity index (χ1v) is 5.66. The van der Waals surface area contributed by atoms with Gasteiger partial charge in [-0.05, 0) is 29.3 Å². The molecule has 2 nitrogen and oxygen atoms in total. The number of hydrogen-bond donors (Lipinski definition) is 0. The average Bonchev–Trinajstić information content (AvgIpc) is 2.34. The third-order valence-corrected chi connectivity index (χ3v) is 3.28. The first-order chi connectivity index (χ1) is 8.18. The van der Waals surface area contributed by atoms with Crippen LogP contribution in [0.15, 0.2) is 47.4 Å². The van der Waals surface area contributed by atoms with Gasteiger partial charge in [-0.25, -0.2) is 0 Å². The summed E-state index contributed by atoms with van der Waals surface area (Å²) in [5.41, 5.74) is 1.95. The number of fused-ring (bicyclic) bond motifs is 3. The van der Waals surface area contributed by atoms with Gasteiger partial charge in [0.1, 0.15) is 0 Å². The highest BCUT2D eigenvalue weighted by atomic mass is 16.1. The average molecular weight is 223 g/mol. The van der Waals surface area contributed by atoms with Gasteiger partial charge in [0.25, 0.3) is 0 Å². The van der Waals surface area contributed by atoms with Crippen LogP contribution in [-0.4, -0.2) is 4.57 Å². The Morgan fingerprint density at radius 2 is 1.71 bits per heavy atom. The van der Waals surface area contributed by atoms with Gasteiger partial charge in [-0.15, -0.1) is 0 Å². The van der Waals surface area contributed by atoms with Gasteiger partial charge >= 0.3 is 0 Å². The molecule has 0 radical (unpaired) electrons.